The molecule has 3 rings (SSSR count). The van der Waals surface area contributed by atoms with Gasteiger partial charge in [-0.15, -0.1) is 0 Å². The summed E-state index contributed by atoms with van der Waals surface area (Å²) in [5.41, 5.74) is 1.84. The third-order valence-electron chi connectivity index (χ3n) is 3.62. The average Bonchev–Trinajstić information content (AvgIpc) is 2.99. The Bertz CT molecular complexity index is 668. The molecule has 2 aromatic rings. The second-order valence-corrected chi connectivity index (χ2v) is 5.52. The average molecular weight is 333 g/mol. The van der Waals surface area contributed by atoms with Gasteiger partial charge in [0.1, 0.15) is 6.04 Å². The van der Waals surface area contributed by atoms with Crippen molar-refractivity contribution in [3.63, 3.8) is 0 Å². The van der Waals surface area contributed by atoms with Crippen LogP contribution in [0.1, 0.15) is 12.5 Å². The fourth-order valence-electron chi connectivity index (χ4n) is 2.48. The highest BCUT2D eigenvalue weighted by molar-refractivity contribution is 5.86. The molecule has 0 spiro atoms. The topological polar surface area (TPSA) is 103 Å². The van der Waals surface area contributed by atoms with Gasteiger partial charge in [-0.25, -0.2) is 4.79 Å². The van der Waals surface area contributed by atoms with Gasteiger partial charge in [-0.3, -0.25) is 4.79 Å². The molecule has 1 atom stereocenters. The summed E-state index contributed by atoms with van der Waals surface area (Å²) in [7, 11) is 0. The number of carboxylic acid groups (broad SMARTS) is 1. The standard InChI is InChI=1S/C13H14N2O3.C4H9NO/c1-8(16)15-12(13(17)18)6-9-7-14-11-5-3-2-4-10(9)11;1-3-6-4-2-5-1/h2-5,7,12,14H,6H2,1H3,(H,15,16)(H,17,18);5H,1-4H2/t12-;/m0./s1. The maximum absolute atomic E-state index is 11.1. The van der Waals surface area contributed by atoms with Crippen LogP contribution in [-0.4, -0.2) is 54.3 Å². The molecule has 7 nitrogen and oxygen atoms in total. The van der Waals surface area contributed by atoms with Gasteiger partial charge in [0.15, 0.2) is 0 Å². The smallest absolute Gasteiger partial charge is 0.326 e. The first kappa shape index (κ1) is 18.0. The number of ether oxygens (including phenoxy) is 1. The van der Waals surface area contributed by atoms with Gasteiger partial charge < -0.3 is 25.5 Å². The first-order valence-electron chi connectivity index (χ1n) is 7.91. The molecule has 2 heterocycles. The Labute approximate surface area is 140 Å². The molecule has 1 aliphatic heterocycles. The third-order valence-corrected chi connectivity index (χ3v) is 3.62. The van der Waals surface area contributed by atoms with Crippen LogP contribution in [0, 0.1) is 0 Å². The van der Waals surface area contributed by atoms with E-state index in [1.54, 1.807) is 6.20 Å². The van der Waals surface area contributed by atoms with Crippen LogP contribution >= 0.6 is 0 Å². The molecule has 1 amide bonds. The largest absolute Gasteiger partial charge is 0.480 e. The van der Waals surface area contributed by atoms with E-state index in [1.165, 1.54) is 6.92 Å². The number of rotatable bonds is 4. The summed E-state index contributed by atoms with van der Waals surface area (Å²) in [5.74, 6) is -1.38. The van der Waals surface area contributed by atoms with Crippen LogP contribution in [0.5, 0.6) is 0 Å². The summed E-state index contributed by atoms with van der Waals surface area (Å²) >= 11 is 0. The van der Waals surface area contributed by atoms with Crippen molar-refractivity contribution in [3.8, 4) is 0 Å². The first-order chi connectivity index (χ1) is 11.6. The van der Waals surface area contributed by atoms with E-state index in [4.69, 9.17) is 9.84 Å². The van der Waals surface area contributed by atoms with Gasteiger partial charge in [0.25, 0.3) is 0 Å². The summed E-state index contributed by atoms with van der Waals surface area (Å²) in [4.78, 5) is 25.1. The van der Waals surface area contributed by atoms with Crippen molar-refractivity contribution in [2.75, 3.05) is 26.3 Å². The molecule has 7 heteroatoms. The molecule has 1 saturated heterocycles. The van der Waals surface area contributed by atoms with Crippen LogP contribution in [0.2, 0.25) is 0 Å². The molecule has 0 bridgehead atoms. The monoisotopic (exact) mass is 333 g/mol. The molecule has 4 N–H and O–H groups in total. The number of fused-ring (bicyclic) bond motifs is 1. The Morgan fingerprint density at radius 3 is 2.54 bits per heavy atom. The minimum atomic E-state index is -1.03. The summed E-state index contributed by atoms with van der Waals surface area (Å²) in [6.07, 6.45) is 2.04. The van der Waals surface area contributed by atoms with Crippen LogP contribution < -0.4 is 10.6 Å². The molecule has 0 saturated carbocycles. The second kappa shape index (κ2) is 9.05. The number of morpholine rings is 1. The molecule has 0 aliphatic carbocycles. The zero-order chi connectivity index (χ0) is 17.4. The van der Waals surface area contributed by atoms with Gasteiger partial charge in [-0.2, -0.15) is 0 Å². The van der Waals surface area contributed by atoms with Crippen molar-refractivity contribution < 1.29 is 19.4 Å². The van der Waals surface area contributed by atoms with Crippen LogP contribution in [0.15, 0.2) is 30.5 Å². The number of aliphatic carboxylic acids is 1. The number of aromatic amines is 1. The second-order valence-electron chi connectivity index (χ2n) is 5.52. The van der Waals surface area contributed by atoms with E-state index < -0.39 is 12.0 Å². The fourth-order valence-corrected chi connectivity index (χ4v) is 2.48. The van der Waals surface area contributed by atoms with E-state index in [0.717, 1.165) is 42.8 Å². The molecule has 1 aromatic carbocycles. The molecule has 130 valence electrons. The highest BCUT2D eigenvalue weighted by Gasteiger charge is 2.20. The lowest BCUT2D eigenvalue weighted by atomic mass is 10.1. The maximum Gasteiger partial charge on any atom is 0.326 e. The number of carbonyl (C=O) groups is 2. The van der Waals surface area contributed by atoms with Crippen molar-refractivity contribution in [2.45, 2.75) is 19.4 Å². The maximum atomic E-state index is 11.1. The number of hydrogen-bond donors (Lipinski definition) is 4. The number of aromatic nitrogens is 1. The lowest BCUT2D eigenvalue weighted by Gasteiger charge is -2.12. The Balaban J connectivity index is 0.000000292. The molecule has 1 aliphatic rings. The van der Waals surface area contributed by atoms with Crippen LogP contribution in [0.3, 0.4) is 0 Å². The zero-order valence-corrected chi connectivity index (χ0v) is 13.7. The third kappa shape index (κ3) is 5.36. The van der Waals surface area contributed by atoms with Crippen molar-refractivity contribution in [3.05, 3.63) is 36.0 Å². The minimum absolute atomic E-state index is 0.263. The lowest BCUT2D eigenvalue weighted by molar-refractivity contribution is -0.141. The van der Waals surface area contributed by atoms with E-state index >= 15 is 0 Å². The number of amides is 1. The minimum Gasteiger partial charge on any atom is -0.480 e. The summed E-state index contributed by atoms with van der Waals surface area (Å²) in [6.45, 7) is 5.14. The van der Waals surface area contributed by atoms with Gasteiger partial charge in [0, 0.05) is 43.5 Å². The Morgan fingerprint density at radius 1 is 1.29 bits per heavy atom. The number of H-pyrrole nitrogens is 1. The Kier molecular flexibility index (Phi) is 6.77. The van der Waals surface area contributed by atoms with E-state index in [1.807, 2.05) is 24.3 Å². The normalized spacial score (nSPS) is 15.2. The van der Waals surface area contributed by atoms with Crippen molar-refractivity contribution in [2.24, 2.45) is 0 Å². The summed E-state index contributed by atoms with van der Waals surface area (Å²) in [6, 6.07) is 6.75. The number of carboxylic acids is 1. The van der Waals surface area contributed by atoms with E-state index in [2.05, 4.69) is 15.6 Å². The predicted molar refractivity (Wildman–Crippen MR) is 90.9 cm³/mol. The van der Waals surface area contributed by atoms with Gasteiger partial charge >= 0.3 is 5.97 Å². The highest BCUT2D eigenvalue weighted by Crippen LogP contribution is 2.19. The molecule has 24 heavy (non-hydrogen) atoms. The van der Waals surface area contributed by atoms with E-state index in [0.29, 0.717) is 0 Å². The lowest BCUT2D eigenvalue weighted by Crippen LogP contribution is -2.41. The van der Waals surface area contributed by atoms with Crippen LogP contribution in [0.4, 0.5) is 0 Å². The zero-order valence-electron chi connectivity index (χ0n) is 13.7. The van der Waals surface area contributed by atoms with Crippen molar-refractivity contribution in [1.82, 2.24) is 15.6 Å². The predicted octanol–water partition coefficient (Wildman–Crippen LogP) is 0.906. The van der Waals surface area contributed by atoms with Crippen LogP contribution in [-0.2, 0) is 20.7 Å². The quantitative estimate of drug-likeness (QED) is 0.666. The fraction of sp³-hybridized carbons (Fsp3) is 0.412. The molecular weight excluding hydrogens is 310 g/mol. The summed E-state index contributed by atoms with van der Waals surface area (Å²) < 4.78 is 5.01. The van der Waals surface area contributed by atoms with Crippen molar-refractivity contribution in [1.29, 1.82) is 0 Å². The van der Waals surface area contributed by atoms with Crippen LogP contribution in [0.25, 0.3) is 10.9 Å². The number of nitrogens with one attached hydrogen (secondary N) is 3. The van der Waals surface area contributed by atoms with Gasteiger partial charge in [-0.1, -0.05) is 18.2 Å². The number of para-hydroxylation sites is 1. The first-order valence-corrected chi connectivity index (χ1v) is 7.91. The molecular formula is C17H23N3O4. The van der Waals surface area contributed by atoms with E-state index in [-0.39, 0.29) is 12.3 Å². The highest BCUT2D eigenvalue weighted by atomic mass is 16.5. The number of hydrogen-bond acceptors (Lipinski definition) is 4. The molecule has 1 aromatic heterocycles. The molecule has 0 radical (unpaired) electrons. The number of carbonyl (C=O) groups excluding carboxylic acids is 1. The number of benzene rings is 1. The molecule has 1 fully saturated rings. The Hall–Kier alpha value is -2.38. The van der Waals surface area contributed by atoms with Crippen molar-refractivity contribution >= 4 is 22.8 Å². The van der Waals surface area contributed by atoms with Gasteiger partial charge in [0.2, 0.25) is 5.91 Å². The van der Waals surface area contributed by atoms with E-state index in [9.17, 15) is 9.59 Å². The summed E-state index contributed by atoms with van der Waals surface area (Å²) in [5, 5.41) is 15.6. The van der Waals surface area contributed by atoms with Gasteiger partial charge in [-0.05, 0) is 11.6 Å². The van der Waals surface area contributed by atoms with Gasteiger partial charge in [0.05, 0.1) is 13.2 Å². The Morgan fingerprint density at radius 2 is 2.00 bits per heavy atom. The SMILES string of the molecule is C1COCCN1.CC(=O)N[C@@H](Cc1c[nH]c2ccccc12)C(=O)O. The molecule has 0 unspecified atom stereocenters.